The number of benzene rings is 1. The Hall–Kier alpha value is -2.78. The summed E-state index contributed by atoms with van der Waals surface area (Å²) in [5.74, 6) is -0.495. The van der Waals surface area contributed by atoms with Gasteiger partial charge in [0.05, 0.1) is 11.6 Å². The fourth-order valence-corrected chi connectivity index (χ4v) is 3.78. The molecule has 3 aromatic rings. The second-order valence-electron chi connectivity index (χ2n) is 6.34. The van der Waals surface area contributed by atoms with Crippen molar-refractivity contribution in [2.45, 2.75) is 18.9 Å². The van der Waals surface area contributed by atoms with Crippen LogP contribution in [0.5, 0.6) is 0 Å². The Morgan fingerprint density at radius 1 is 1.33 bits per heavy atom. The summed E-state index contributed by atoms with van der Waals surface area (Å²) in [5.41, 5.74) is 9.15. The molecule has 1 saturated heterocycles. The van der Waals surface area contributed by atoms with E-state index in [1.165, 1.54) is 17.4 Å². The lowest BCUT2D eigenvalue weighted by Crippen LogP contribution is -2.30. The molecule has 0 bridgehead atoms. The molecule has 27 heavy (non-hydrogen) atoms. The highest BCUT2D eigenvalue weighted by Gasteiger charge is 2.26. The van der Waals surface area contributed by atoms with Gasteiger partial charge in [0.2, 0.25) is 0 Å². The zero-order chi connectivity index (χ0) is 18.8. The van der Waals surface area contributed by atoms with Crippen molar-refractivity contribution in [1.82, 2.24) is 20.1 Å². The number of nitrogens with zero attached hydrogens (tertiary/aromatic N) is 3. The summed E-state index contributed by atoms with van der Waals surface area (Å²) in [5, 5.41) is 12.3. The largest absolute Gasteiger partial charge is 0.382 e. The standard InChI is InChI=1S/C18H19FN6OS/c19-13-4-2-1-3-12(13)15-16(23-18(26)14-9-27-10-22-14)17(20)25(24-15)11-5-7-21-8-6-11/h1-4,9-11,21H,5-8,20H2,(H,23,26). The third-order valence-electron chi connectivity index (χ3n) is 4.63. The van der Waals surface area contributed by atoms with Crippen LogP contribution in [-0.2, 0) is 0 Å². The molecule has 1 aliphatic heterocycles. The molecular weight excluding hydrogens is 367 g/mol. The highest BCUT2D eigenvalue weighted by Crippen LogP contribution is 2.37. The molecule has 2 aromatic heterocycles. The van der Waals surface area contributed by atoms with E-state index in [9.17, 15) is 9.18 Å². The van der Waals surface area contributed by atoms with Gasteiger partial charge in [-0.2, -0.15) is 5.10 Å². The number of halogens is 1. The van der Waals surface area contributed by atoms with E-state index in [1.807, 2.05) is 0 Å². The molecule has 0 unspecified atom stereocenters. The lowest BCUT2D eigenvalue weighted by Gasteiger charge is -2.23. The maximum absolute atomic E-state index is 14.4. The van der Waals surface area contributed by atoms with E-state index in [4.69, 9.17) is 5.73 Å². The van der Waals surface area contributed by atoms with Crippen LogP contribution in [0.15, 0.2) is 35.2 Å². The Kier molecular flexibility index (Phi) is 4.87. The molecule has 1 aromatic carbocycles. The van der Waals surface area contributed by atoms with E-state index >= 15 is 0 Å². The molecule has 1 aliphatic rings. The van der Waals surface area contributed by atoms with Crippen molar-refractivity contribution in [3.8, 4) is 11.3 Å². The summed E-state index contributed by atoms with van der Waals surface area (Å²) < 4.78 is 16.1. The number of nitrogens with two attached hydrogens (primary N) is 1. The number of anilines is 2. The first kappa shape index (κ1) is 17.6. The van der Waals surface area contributed by atoms with Crippen molar-refractivity contribution in [1.29, 1.82) is 0 Å². The summed E-state index contributed by atoms with van der Waals surface area (Å²) in [4.78, 5) is 16.5. The number of carbonyl (C=O) groups is 1. The number of piperidine rings is 1. The number of carbonyl (C=O) groups excluding carboxylic acids is 1. The minimum atomic E-state index is -0.420. The highest BCUT2D eigenvalue weighted by atomic mass is 32.1. The van der Waals surface area contributed by atoms with Crippen LogP contribution in [0.4, 0.5) is 15.9 Å². The van der Waals surface area contributed by atoms with Gasteiger partial charge in [-0.05, 0) is 38.1 Å². The van der Waals surface area contributed by atoms with Crippen LogP contribution >= 0.6 is 11.3 Å². The van der Waals surface area contributed by atoms with Crippen LogP contribution in [-0.4, -0.2) is 33.8 Å². The van der Waals surface area contributed by atoms with Crippen molar-refractivity contribution in [3.05, 3.63) is 46.7 Å². The van der Waals surface area contributed by atoms with E-state index in [0.29, 0.717) is 22.8 Å². The third kappa shape index (κ3) is 3.43. The number of amides is 1. The molecule has 0 aliphatic carbocycles. The van der Waals surface area contributed by atoms with Gasteiger partial charge in [-0.3, -0.25) is 4.79 Å². The number of rotatable bonds is 4. The first-order chi connectivity index (χ1) is 13.1. The van der Waals surface area contributed by atoms with Gasteiger partial charge >= 0.3 is 0 Å². The number of nitrogen functional groups attached to an aromatic ring is 1. The fourth-order valence-electron chi connectivity index (χ4n) is 3.24. The molecule has 0 atom stereocenters. The van der Waals surface area contributed by atoms with Crippen LogP contribution in [0.3, 0.4) is 0 Å². The smallest absolute Gasteiger partial charge is 0.275 e. The average molecular weight is 386 g/mol. The molecule has 140 valence electrons. The predicted molar refractivity (Wildman–Crippen MR) is 103 cm³/mol. The van der Waals surface area contributed by atoms with E-state index in [-0.39, 0.29) is 11.7 Å². The van der Waals surface area contributed by atoms with E-state index in [0.717, 1.165) is 25.9 Å². The van der Waals surface area contributed by atoms with Crippen molar-refractivity contribution in [2.24, 2.45) is 0 Å². The monoisotopic (exact) mass is 386 g/mol. The van der Waals surface area contributed by atoms with Gasteiger partial charge in [-0.15, -0.1) is 11.3 Å². The Morgan fingerprint density at radius 3 is 2.81 bits per heavy atom. The van der Waals surface area contributed by atoms with Gasteiger partial charge in [-0.25, -0.2) is 14.1 Å². The Labute approximate surface area is 159 Å². The quantitative estimate of drug-likeness (QED) is 0.640. The Bertz CT molecular complexity index is 949. The highest BCUT2D eigenvalue weighted by molar-refractivity contribution is 7.07. The van der Waals surface area contributed by atoms with Gasteiger partial charge in [-0.1, -0.05) is 12.1 Å². The van der Waals surface area contributed by atoms with Gasteiger partial charge in [0, 0.05) is 10.9 Å². The maximum atomic E-state index is 14.4. The van der Waals surface area contributed by atoms with Crippen molar-refractivity contribution < 1.29 is 9.18 Å². The van der Waals surface area contributed by atoms with Gasteiger partial charge in [0.25, 0.3) is 5.91 Å². The molecule has 1 amide bonds. The molecule has 0 spiro atoms. The van der Waals surface area contributed by atoms with E-state index in [1.54, 1.807) is 33.8 Å². The number of thiazole rings is 1. The maximum Gasteiger partial charge on any atom is 0.275 e. The van der Waals surface area contributed by atoms with Crippen LogP contribution in [0, 0.1) is 5.82 Å². The first-order valence-electron chi connectivity index (χ1n) is 8.68. The lowest BCUT2D eigenvalue weighted by atomic mass is 10.1. The summed E-state index contributed by atoms with van der Waals surface area (Å²) in [6, 6.07) is 6.43. The second kappa shape index (κ2) is 7.45. The number of aromatic nitrogens is 3. The number of nitrogens with one attached hydrogen (secondary N) is 2. The molecule has 3 heterocycles. The lowest BCUT2D eigenvalue weighted by molar-refractivity contribution is 0.102. The molecule has 4 N–H and O–H groups in total. The minimum absolute atomic E-state index is 0.0988. The van der Waals surface area contributed by atoms with Crippen molar-refractivity contribution >= 4 is 28.7 Å². The van der Waals surface area contributed by atoms with Gasteiger partial charge < -0.3 is 16.4 Å². The van der Waals surface area contributed by atoms with Gasteiger partial charge in [0.15, 0.2) is 0 Å². The number of hydrogen-bond acceptors (Lipinski definition) is 6. The SMILES string of the molecule is Nc1c(NC(=O)c2cscn2)c(-c2ccccc2F)nn1C1CCNCC1. The van der Waals surface area contributed by atoms with Crippen LogP contribution < -0.4 is 16.4 Å². The second-order valence-corrected chi connectivity index (χ2v) is 7.06. The van der Waals surface area contributed by atoms with Crippen LogP contribution in [0.2, 0.25) is 0 Å². The summed E-state index contributed by atoms with van der Waals surface area (Å²) in [7, 11) is 0. The molecule has 0 radical (unpaired) electrons. The molecule has 4 rings (SSSR count). The molecule has 7 nitrogen and oxygen atoms in total. The zero-order valence-corrected chi connectivity index (χ0v) is 15.3. The Morgan fingerprint density at radius 2 is 2.11 bits per heavy atom. The summed E-state index contributed by atoms with van der Waals surface area (Å²) in [6.07, 6.45) is 1.73. The zero-order valence-electron chi connectivity index (χ0n) is 14.5. The molecule has 0 saturated carbocycles. The normalized spacial score (nSPS) is 15.0. The van der Waals surface area contributed by atoms with Crippen LogP contribution in [0.1, 0.15) is 29.4 Å². The van der Waals surface area contributed by atoms with Crippen molar-refractivity contribution in [2.75, 3.05) is 24.1 Å². The number of hydrogen-bond donors (Lipinski definition) is 3. The predicted octanol–water partition coefficient (Wildman–Crippen LogP) is 2.90. The van der Waals surface area contributed by atoms with E-state index < -0.39 is 11.7 Å². The topological polar surface area (TPSA) is 97.9 Å². The van der Waals surface area contributed by atoms with Crippen molar-refractivity contribution in [3.63, 3.8) is 0 Å². The average Bonchev–Trinajstić information content (AvgIpc) is 3.33. The molecular formula is C18H19FN6OS. The third-order valence-corrected chi connectivity index (χ3v) is 5.22. The summed E-state index contributed by atoms with van der Waals surface area (Å²) >= 11 is 1.32. The molecule has 9 heteroatoms. The van der Waals surface area contributed by atoms with Gasteiger partial charge in [0.1, 0.15) is 28.7 Å². The minimum Gasteiger partial charge on any atom is -0.382 e. The fraction of sp³-hybridized carbons (Fsp3) is 0.278. The van der Waals surface area contributed by atoms with E-state index in [2.05, 4.69) is 20.7 Å². The Balaban J connectivity index is 1.78. The van der Waals surface area contributed by atoms with Crippen LogP contribution in [0.25, 0.3) is 11.3 Å². The molecule has 1 fully saturated rings. The first-order valence-corrected chi connectivity index (χ1v) is 9.62. The summed E-state index contributed by atoms with van der Waals surface area (Å²) in [6.45, 7) is 1.72.